The monoisotopic (exact) mass is 356 g/mol. The molecule has 1 aliphatic rings. The molecular formula is C19H18F2N4O. The molecule has 0 fully saturated rings. The fourth-order valence-electron chi connectivity index (χ4n) is 3.26. The van der Waals surface area contributed by atoms with E-state index in [9.17, 15) is 8.78 Å². The number of hydrogen-bond acceptors (Lipinski definition) is 4. The zero-order chi connectivity index (χ0) is 18.1. The first-order valence-corrected chi connectivity index (χ1v) is 8.37. The highest BCUT2D eigenvalue weighted by Gasteiger charge is 2.22. The van der Waals surface area contributed by atoms with Gasteiger partial charge in [-0.3, -0.25) is 4.90 Å². The van der Waals surface area contributed by atoms with Gasteiger partial charge >= 0.3 is 0 Å². The zero-order valence-electron chi connectivity index (χ0n) is 14.3. The highest BCUT2D eigenvalue weighted by atomic mass is 19.1. The lowest BCUT2D eigenvalue weighted by atomic mass is 10.1. The summed E-state index contributed by atoms with van der Waals surface area (Å²) in [6.07, 6.45) is 2.46. The molecule has 0 bridgehead atoms. The van der Waals surface area contributed by atoms with Gasteiger partial charge in [0, 0.05) is 43.9 Å². The van der Waals surface area contributed by atoms with Crippen LogP contribution in [-0.2, 0) is 19.5 Å². The number of methoxy groups -OCH3 is 1. The van der Waals surface area contributed by atoms with Gasteiger partial charge in [-0.05, 0) is 18.2 Å². The maximum Gasteiger partial charge on any atom is 0.217 e. The van der Waals surface area contributed by atoms with Crippen LogP contribution in [0.1, 0.15) is 17.0 Å². The maximum atomic E-state index is 14.0. The van der Waals surface area contributed by atoms with Crippen LogP contribution in [0, 0.1) is 11.6 Å². The molecule has 0 atom stereocenters. The van der Waals surface area contributed by atoms with E-state index in [0.29, 0.717) is 24.8 Å². The Bertz CT molecular complexity index is 941. The molecule has 3 heterocycles. The van der Waals surface area contributed by atoms with Crippen LogP contribution in [0.3, 0.4) is 0 Å². The fraction of sp³-hybridized carbons (Fsp3) is 0.263. The molecule has 0 saturated carbocycles. The number of hydrogen-bond donors (Lipinski definition) is 1. The Morgan fingerprint density at radius 2 is 2.15 bits per heavy atom. The van der Waals surface area contributed by atoms with E-state index in [-0.39, 0.29) is 5.56 Å². The summed E-state index contributed by atoms with van der Waals surface area (Å²) in [6.45, 7) is 2.21. The van der Waals surface area contributed by atoms with E-state index in [0.717, 1.165) is 36.0 Å². The van der Waals surface area contributed by atoms with Gasteiger partial charge in [-0.1, -0.05) is 6.07 Å². The third kappa shape index (κ3) is 3.17. The van der Waals surface area contributed by atoms with Gasteiger partial charge in [-0.15, -0.1) is 0 Å². The Morgan fingerprint density at radius 1 is 1.27 bits per heavy atom. The minimum Gasteiger partial charge on any atom is -0.481 e. The lowest BCUT2D eigenvalue weighted by molar-refractivity contribution is 0.237. The first-order valence-electron chi connectivity index (χ1n) is 8.37. The number of nitrogens with one attached hydrogen (secondary N) is 1. The van der Waals surface area contributed by atoms with Crippen molar-refractivity contribution in [1.29, 1.82) is 0 Å². The second-order valence-corrected chi connectivity index (χ2v) is 6.27. The number of imidazole rings is 1. The molecule has 4 rings (SSSR count). The van der Waals surface area contributed by atoms with Crippen molar-refractivity contribution in [3.05, 3.63) is 65.1 Å². The molecule has 134 valence electrons. The van der Waals surface area contributed by atoms with Crippen LogP contribution in [0.25, 0.3) is 11.4 Å². The Balaban J connectivity index is 1.55. The third-order valence-electron chi connectivity index (χ3n) is 4.53. The lowest BCUT2D eigenvalue weighted by Gasteiger charge is -2.26. The number of nitrogens with zero attached hydrogens (tertiary/aromatic N) is 3. The largest absolute Gasteiger partial charge is 0.481 e. The van der Waals surface area contributed by atoms with Crippen LogP contribution in [-0.4, -0.2) is 33.5 Å². The molecule has 0 amide bonds. The van der Waals surface area contributed by atoms with Crippen LogP contribution in [0.4, 0.5) is 8.78 Å². The maximum absolute atomic E-state index is 14.0. The quantitative estimate of drug-likeness (QED) is 0.779. The van der Waals surface area contributed by atoms with E-state index >= 15 is 0 Å². The normalized spacial score (nSPS) is 14.3. The van der Waals surface area contributed by atoms with Crippen LogP contribution in [0.2, 0.25) is 0 Å². The van der Waals surface area contributed by atoms with Gasteiger partial charge in [-0.2, -0.15) is 0 Å². The van der Waals surface area contributed by atoms with Crippen molar-refractivity contribution >= 4 is 0 Å². The predicted molar refractivity (Wildman–Crippen MR) is 92.5 cm³/mol. The zero-order valence-corrected chi connectivity index (χ0v) is 14.3. The number of benzene rings is 1. The van der Waals surface area contributed by atoms with Crippen molar-refractivity contribution in [3.63, 3.8) is 0 Å². The molecule has 1 aromatic carbocycles. The third-order valence-corrected chi connectivity index (χ3v) is 4.53. The van der Waals surface area contributed by atoms with Gasteiger partial charge in [0.15, 0.2) is 0 Å². The van der Waals surface area contributed by atoms with E-state index in [2.05, 4.69) is 19.9 Å². The number of pyridine rings is 1. The lowest BCUT2D eigenvalue weighted by Crippen LogP contribution is -2.30. The van der Waals surface area contributed by atoms with Crippen molar-refractivity contribution < 1.29 is 13.5 Å². The highest BCUT2D eigenvalue weighted by molar-refractivity contribution is 5.57. The SMILES string of the molecule is COc1ncccc1CN1CCc2nc(-c3ccc(F)cc3F)[nH]c2C1. The van der Waals surface area contributed by atoms with Crippen LogP contribution in [0.15, 0.2) is 36.5 Å². The van der Waals surface area contributed by atoms with E-state index in [4.69, 9.17) is 4.74 Å². The highest BCUT2D eigenvalue weighted by Crippen LogP contribution is 2.26. The number of ether oxygens (including phenoxy) is 1. The van der Waals surface area contributed by atoms with Crippen molar-refractivity contribution in [2.75, 3.05) is 13.7 Å². The molecule has 0 spiro atoms. The van der Waals surface area contributed by atoms with Crippen LogP contribution in [0.5, 0.6) is 5.88 Å². The Hall–Kier alpha value is -2.80. The Labute approximate surface area is 149 Å². The van der Waals surface area contributed by atoms with E-state index in [1.165, 1.54) is 12.1 Å². The number of rotatable bonds is 4. The molecule has 2 aromatic heterocycles. The summed E-state index contributed by atoms with van der Waals surface area (Å²) < 4.78 is 32.4. The first-order chi connectivity index (χ1) is 12.6. The fourth-order valence-corrected chi connectivity index (χ4v) is 3.26. The summed E-state index contributed by atoms with van der Waals surface area (Å²) >= 11 is 0. The summed E-state index contributed by atoms with van der Waals surface area (Å²) in [4.78, 5) is 14.2. The summed E-state index contributed by atoms with van der Waals surface area (Å²) in [5.74, 6) is -0.155. The minimum atomic E-state index is -0.618. The molecule has 1 aliphatic heterocycles. The van der Waals surface area contributed by atoms with Gasteiger partial charge in [-0.25, -0.2) is 18.7 Å². The first kappa shape index (κ1) is 16.7. The number of halogens is 2. The van der Waals surface area contributed by atoms with Gasteiger partial charge in [0.25, 0.3) is 0 Å². The Morgan fingerprint density at radius 3 is 2.96 bits per heavy atom. The van der Waals surface area contributed by atoms with Crippen molar-refractivity contribution in [1.82, 2.24) is 19.9 Å². The summed E-state index contributed by atoms with van der Waals surface area (Å²) in [7, 11) is 1.61. The van der Waals surface area contributed by atoms with Crippen molar-refractivity contribution in [2.24, 2.45) is 0 Å². The average molecular weight is 356 g/mol. The summed E-state index contributed by atoms with van der Waals surface area (Å²) in [5, 5.41) is 0. The van der Waals surface area contributed by atoms with Gasteiger partial charge in [0.05, 0.1) is 24.1 Å². The molecule has 0 radical (unpaired) electrons. The van der Waals surface area contributed by atoms with E-state index in [1.54, 1.807) is 13.3 Å². The number of aromatic amines is 1. The summed E-state index contributed by atoms with van der Waals surface area (Å²) in [5.41, 5.74) is 3.18. The Kier molecular flexibility index (Phi) is 4.38. The van der Waals surface area contributed by atoms with Gasteiger partial charge in [0.1, 0.15) is 17.5 Å². The molecular weight excluding hydrogens is 338 g/mol. The minimum absolute atomic E-state index is 0.279. The van der Waals surface area contributed by atoms with Crippen LogP contribution >= 0.6 is 0 Å². The number of fused-ring (bicyclic) bond motifs is 1. The topological polar surface area (TPSA) is 54.0 Å². The predicted octanol–water partition coefficient (Wildman–Crippen LogP) is 3.32. The molecule has 1 N–H and O–H groups in total. The van der Waals surface area contributed by atoms with Gasteiger partial charge < -0.3 is 9.72 Å². The molecule has 0 aliphatic carbocycles. The van der Waals surface area contributed by atoms with E-state index < -0.39 is 11.6 Å². The summed E-state index contributed by atoms with van der Waals surface area (Å²) in [6, 6.07) is 7.40. The molecule has 26 heavy (non-hydrogen) atoms. The molecule has 0 saturated heterocycles. The second kappa shape index (κ2) is 6.84. The molecule has 3 aromatic rings. The van der Waals surface area contributed by atoms with Crippen LogP contribution < -0.4 is 4.74 Å². The van der Waals surface area contributed by atoms with E-state index in [1.807, 2.05) is 12.1 Å². The molecule has 0 unspecified atom stereocenters. The molecule has 5 nitrogen and oxygen atoms in total. The number of aromatic nitrogens is 3. The average Bonchev–Trinajstić information content (AvgIpc) is 3.05. The van der Waals surface area contributed by atoms with Gasteiger partial charge in [0.2, 0.25) is 5.88 Å². The van der Waals surface area contributed by atoms with Crippen molar-refractivity contribution in [3.8, 4) is 17.3 Å². The standard InChI is InChI=1S/C19H18F2N4O/c1-26-19-12(3-2-7-22-19)10-25-8-6-16-17(11-25)24-18(23-16)14-5-4-13(20)9-15(14)21/h2-5,7,9H,6,8,10-11H2,1H3,(H,23,24). The second-order valence-electron chi connectivity index (χ2n) is 6.27. The molecule has 7 heteroatoms. The smallest absolute Gasteiger partial charge is 0.217 e. The van der Waals surface area contributed by atoms with Crippen molar-refractivity contribution in [2.45, 2.75) is 19.5 Å². The number of H-pyrrole nitrogens is 1.